The predicted octanol–water partition coefficient (Wildman–Crippen LogP) is 4.03. The van der Waals surface area contributed by atoms with Crippen LogP contribution in [0.1, 0.15) is 40.8 Å². The van der Waals surface area contributed by atoms with Crippen LogP contribution in [0.5, 0.6) is 0 Å². The largest absolute Gasteiger partial charge is 0.306 e. The monoisotopic (exact) mass is 264 g/mol. The normalized spacial score (nSPS) is 11.9. The molecule has 0 radical (unpaired) electrons. The lowest BCUT2D eigenvalue weighted by atomic mass is 10.00. The van der Waals surface area contributed by atoms with Gasteiger partial charge in [-0.1, -0.05) is 35.9 Å². The Labute approximate surface area is 121 Å². The molecule has 0 aliphatic carbocycles. The number of hydrogen-bond acceptors (Lipinski definition) is 2. The highest BCUT2D eigenvalue weighted by Gasteiger charge is 2.07. The molecule has 0 amide bonds. The minimum Gasteiger partial charge on any atom is -0.306 e. The van der Waals surface area contributed by atoms with E-state index in [9.17, 15) is 0 Å². The standard InChI is InChI=1S/C18H20N2/c1-13-4-9-18(14(2)10-13)15(3)20-12-17-7-5-16(11-19)6-8-17/h4-10,15,20H,12H2,1-3H3. The summed E-state index contributed by atoms with van der Waals surface area (Å²) >= 11 is 0. The van der Waals surface area contributed by atoms with Gasteiger partial charge in [-0.2, -0.15) is 5.26 Å². The molecule has 20 heavy (non-hydrogen) atoms. The highest BCUT2D eigenvalue weighted by Crippen LogP contribution is 2.19. The zero-order valence-electron chi connectivity index (χ0n) is 12.3. The summed E-state index contributed by atoms with van der Waals surface area (Å²) in [7, 11) is 0. The second-order valence-electron chi connectivity index (χ2n) is 5.27. The fraction of sp³-hybridized carbons (Fsp3) is 0.278. The predicted molar refractivity (Wildman–Crippen MR) is 82.3 cm³/mol. The van der Waals surface area contributed by atoms with Crippen LogP contribution in [0.25, 0.3) is 0 Å². The molecule has 0 aliphatic heterocycles. The molecule has 2 heteroatoms. The minimum atomic E-state index is 0.311. The fourth-order valence-corrected chi connectivity index (χ4v) is 2.39. The Balaban J connectivity index is 2.01. The van der Waals surface area contributed by atoms with Crippen molar-refractivity contribution in [1.82, 2.24) is 5.32 Å². The first-order valence-corrected chi connectivity index (χ1v) is 6.89. The molecule has 2 aromatic carbocycles. The lowest BCUT2D eigenvalue weighted by molar-refractivity contribution is 0.572. The maximum absolute atomic E-state index is 8.78. The molecule has 1 N–H and O–H groups in total. The highest BCUT2D eigenvalue weighted by atomic mass is 14.9. The van der Waals surface area contributed by atoms with Crippen LogP contribution in [-0.4, -0.2) is 0 Å². The zero-order valence-corrected chi connectivity index (χ0v) is 12.3. The molecule has 1 unspecified atom stereocenters. The molecule has 0 spiro atoms. The van der Waals surface area contributed by atoms with Gasteiger partial charge in [0, 0.05) is 12.6 Å². The number of nitriles is 1. The van der Waals surface area contributed by atoms with Gasteiger partial charge in [-0.3, -0.25) is 0 Å². The number of hydrogen-bond donors (Lipinski definition) is 1. The Bertz CT molecular complexity index is 621. The van der Waals surface area contributed by atoms with Gasteiger partial charge >= 0.3 is 0 Å². The van der Waals surface area contributed by atoms with Gasteiger partial charge < -0.3 is 5.32 Å². The van der Waals surface area contributed by atoms with Crippen LogP contribution in [0.4, 0.5) is 0 Å². The summed E-state index contributed by atoms with van der Waals surface area (Å²) in [5, 5.41) is 12.3. The lowest BCUT2D eigenvalue weighted by Crippen LogP contribution is -2.18. The Morgan fingerprint density at radius 3 is 2.40 bits per heavy atom. The molecule has 0 heterocycles. The molecule has 2 rings (SSSR count). The Kier molecular flexibility index (Phi) is 4.55. The van der Waals surface area contributed by atoms with Gasteiger partial charge in [0.25, 0.3) is 0 Å². The van der Waals surface area contributed by atoms with Crippen LogP contribution in [0.15, 0.2) is 42.5 Å². The van der Waals surface area contributed by atoms with Gasteiger partial charge in [0.15, 0.2) is 0 Å². The Morgan fingerprint density at radius 2 is 1.80 bits per heavy atom. The van der Waals surface area contributed by atoms with E-state index in [0.717, 1.165) is 6.54 Å². The minimum absolute atomic E-state index is 0.311. The van der Waals surface area contributed by atoms with E-state index in [2.05, 4.69) is 50.4 Å². The van der Waals surface area contributed by atoms with E-state index in [1.165, 1.54) is 22.3 Å². The van der Waals surface area contributed by atoms with Crippen LogP contribution in [0.3, 0.4) is 0 Å². The molecule has 1 atom stereocenters. The van der Waals surface area contributed by atoms with Crippen molar-refractivity contribution < 1.29 is 0 Å². The summed E-state index contributed by atoms with van der Waals surface area (Å²) in [6, 6.07) is 16.7. The number of rotatable bonds is 4. The molecular formula is C18H20N2. The Hall–Kier alpha value is -2.11. The van der Waals surface area contributed by atoms with Crippen molar-refractivity contribution in [3.8, 4) is 6.07 Å². The Morgan fingerprint density at radius 1 is 1.10 bits per heavy atom. The van der Waals surface area contributed by atoms with E-state index in [1.807, 2.05) is 24.3 Å². The molecule has 0 saturated heterocycles. The zero-order chi connectivity index (χ0) is 14.5. The molecule has 0 fully saturated rings. The third kappa shape index (κ3) is 3.46. The first-order valence-electron chi connectivity index (χ1n) is 6.89. The smallest absolute Gasteiger partial charge is 0.0991 e. The summed E-state index contributed by atoms with van der Waals surface area (Å²) in [4.78, 5) is 0. The van der Waals surface area contributed by atoms with Gasteiger partial charge in [-0.05, 0) is 49.6 Å². The maximum Gasteiger partial charge on any atom is 0.0991 e. The average Bonchev–Trinajstić information content (AvgIpc) is 2.45. The quantitative estimate of drug-likeness (QED) is 0.905. The van der Waals surface area contributed by atoms with Gasteiger partial charge in [0.2, 0.25) is 0 Å². The average molecular weight is 264 g/mol. The van der Waals surface area contributed by atoms with E-state index in [0.29, 0.717) is 11.6 Å². The molecule has 2 aromatic rings. The molecule has 0 saturated carbocycles. The van der Waals surface area contributed by atoms with Crippen molar-refractivity contribution in [3.63, 3.8) is 0 Å². The number of benzene rings is 2. The fourth-order valence-electron chi connectivity index (χ4n) is 2.39. The van der Waals surface area contributed by atoms with Gasteiger partial charge in [-0.25, -0.2) is 0 Å². The van der Waals surface area contributed by atoms with E-state index in [1.54, 1.807) is 0 Å². The molecular weight excluding hydrogens is 244 g/mol. The van der Waals surface area contributed by atoms with Crippen LogP contribution >= 0.6 is 0 Å². The first-order chi connectivity index (χ1) is 9.60. The van der Waals surface area contributed by atoms with Crippen molar-refractivity contribution >= 4 is 0 Å². The van der Waals surface area contributed by atoms with E-state index in [-0.39, 0.29) is 0 Å². The molecule has 0 aliphatic rings. The van der Waals surface area contributed by atoms with Crippen LogP contribution in [0, 0.1) is 25.2 Å². The molecule has 0 bridgehead atoms. The number of nitrogens with one attached hydrogen (secondary N) is 1. The summed E-state index contributed by atoms with van der Waals surface area (Å²) in [6.45, 7) is 7.26. The van der Waals surface area contributed by atoms with Crippen molar-refractivity contribution in [3.05, 3.63) is 70.3 Å². The summed E-state index contributed by atoms with van der Waals surface area (Å²) < 4.78 is 0. The summed E-state index contributed by atoms with van der Waals surface area (Å²) in [5.41, 5.74) is 5.86. The van der Waals surface area contributed by atoms with Crippen LogP contribution < -0.4 is 5.32 Å². The van der Waals surface area contributed by atoms with Gasteiger partial charge in [-0.15, -0.1) is 0 Å². The van der Waals surface area contributed by atoms with Crippen molar-refractivity contribution in [1.29, 1.82) is 5.26 Å². The van der Waals surface area contributed by atoms with E-state index < -0.39 is 0 Å². The maximum atomic E-state index is 8.78. The second-order valence-corrected chi connectivity index (χ2v) is 5.27. The van der Waals surface area contributed by atoms with Crippen LogP contribution in [-0.2, 0) is 6.54 Å². The third-order valence-corrected chi connectivity index (χ3v) is 3.59. The second kappa shape index (κ2) is 6.36. The third-order valence-electron chi connectivity index (χ3n) is 3.59. The highest BCUT2D eigenvalue weighted by molar-refractivity contribution is 5.33. The SMILES string of the molecule is Cc1ccc(C(C)NCc2ccc(C#N)cc2)c(C)c1. The molecule has 0 aromatic heterocycles. The van der Waals surface area contributed by atoms with Crippen molar-refractivity contribution in [2.24, 2.45) is 0 Å². The summed E-state index contributed by atoms with van der Waals surface area (Å²) in [6.07, 6.45) is 0. The van der Waals surface area contributed by atoms with Crippen molar-refractivity contribution in [2.45, 2.75) is 33.4 Å². The van der Waals surface area contributed by atoms with Crippen molar-refractivity contribution in [2.75, 3.05) is 0 Å². The van der Waals surface area contributed by atoms with E-state index >= 15 is 0 Å². The summed E-state index contributed by atoms with van der Waals surface area (Å²) in [5.74, 6) is 0. The van der Waals surface area contributed by atoms with Gasteiger partial charge in [0.1, 0.15) is 0 Å². The first kappa shape index (κ1) is 14.3. The lowest BCUT2D eigenvalue weighted by Gasteiger charge is -2.17. The van der Waals surface area contributed by atoms with E-state index in [4.69, 9.17) is 5.26 Å². The van der Waals surface area contributed by atoms with Crippen LogP contribution in [0.2, 0.25) is 0 Å². The van der Waals surface area contributed by atoms with Gasteiger partial charge in [0.05, 0.1) is 11.6 Å². The number of aryl methyl sites for hydroxylation is 2. The molecule has 102 valence electrons. The topological polar surface area (TPSA) is 35.8 Å². The number of nitrogens with zero attached hydrogens (tertiary/aromatic N) is 1. The molecule has 2 nitrogen and oxygen atoms in total.